The lowest BCUT2D eigenvalue weighted by atomic mass is 10.2. The van der Waals surface area contributed by atoms with Gasteiger partial charge in [-0.25, -0.2) is 4.99 Å². The van der Waals surface area contributed by atoms with Gasteiger partial charge in [-0.3, -0.25) is 4.90 Å². The maximum Gasteiger partial charge on any atom is 0.191 e. The molecule has 1 fully saturated rings. The highest BCUT2D eigenvalue weighted by atomic mass is 127. The van der Waals surface area contributed by atoms with Crippen LogP contribution < -0.4 is 10.6 Å². The number of furan rings is 1. The van der Waals surface area contributed by atoms with Gasteiger partial charge in [0.05, 0.1) is 12.6 Å². The van der Waals surface area contributed by atoms with Crippen LogP contribution in [0, 0.1) is 6.92 Å². The van der Waals surface area contributed by atoms with Crippen molar-refractivity contribution >= 4 is 41.3 Å². The van der Waals surface area contributed by atoms with Gasteiger partial charge >= 0.3 is 0 Å². The fourth-order valence-electron chi connectivity index (χ4n) is 3.18. The fraction of sp³-hybridized carbons (Fsp3) is 0.526. The number of halogens is 1. The Morgan fingerprint density at radius 2 is 2.08 bits per heavy atom. The van der Waals surface area contributed by atoms with Gasteiger partial charge in [-0.1, -0.05) is 0 Å². The number of rotatable bonds is 7. The number of guanidine groups is 1. The Kier molecular flexibility index (Phi) is 8.94. The van der Waals surface area contributed by atoms with E-state index < -0.39 is 0 Å². The first-order chi connectivity index (χ1) is 12.3. The summed E-state index contributed by atoms with van der Waals surface area (Å²) in [4.78, 5) is 7.21. The van der Waals surface area contributed by atoms with Gasteiger partial charge in [0.2, 0.25) is 0 Å². The van der Waals surface area contributed by atoms with Crippen molar-refractivity contribution in [3.05, 3.63) is 46.0 Å². The van der Waals surface area contributed by atoms with E-state index in [9.17, 15) is 0 Å². The van der Waals surface area contributed by atoms with Crippen LogP contribution >= 0.6 is 35.3 Å². The number of aryl methyl sites for hydroxylation is 1. The highest BCUT2D eigenvalue weighted by molar-refractivity contribution is 14.0. The number of hydrogen-bond donors (Lipinski definition) is 2. The van der Waals surface area contributed by atoms with E-state index in [0.29, 0.717) is 6.54 Å². The van der Waals surface area contributed by atoms with Crippen molar-refractivity contribution in [1.82, 2.24) is 15.5 Å². The predicted molar refractivity (Wildman–Crippen MR) is 120 cm³/mol. The van der Waals surface area contributed by atoms with Gasteiger partial charge in [0.15, 0.2) is 5.96 Å². The summed E-state index contributed by atoms with van der Waals surface area (Å²) in [6.45, 7) is 8.71. The summed E-state index contributed by atoms with van der Waals surface area (Å²) in [7, 11) is 0. The lowest BCUT2D eigenvalue weighted by molar-refractivity contribution is 0.213. The molecule has 144 valence electrons. The van der Waals surface area contributed by atoms with Crippen molar-refractivity contribution in [2.75, 3.05) is 26.2 Å². The number of hydrogen-bond acceptors (Lipinski definition) is 4. The molecule has 2 N–H and O–H groups in total. The average molecular weight is 488 g/mol. The fourth-order valence-corrected chi connectivity index (χ4v) is 3.84. The van der Waals surface area contributed by atoms with E-state index in [4.69, 9.17) is 9.41 Å². The molecule has 2 aromatic heterocycles. The van der Waals surface area contributed by atoms with Crippen LogP contribution in [0.5, 0.6) is 0 Å². The van der Waals surface area contributed by atoms with Crippen LogP contribution in [0.25, 0.3) is 0 Å². The summed E-state index contributed by atoms with van der Waals surface area (Å²) in [6.07, 6.45) is 2.53. The predicted octanol–water partition coefficient (Wildman–Crippen LogP) is 4.16. The third-order valence-corrected chi connectivity index (χ3v) is 5.21. The number of nitrogens with zero attached hydrogens (tertiary/aromatic N) is 2. The number of nitrogens with one attached hydrogen (secondary N) is 2. The maximum atomic E-state index is 5.93. The van der Waals surface area contributed by atoms with E-state index in [2.05, 4.69) is 45.4 Å². The van der Waals surface area contributed by atoms with Gasteiger partial charge in [0, 0.05) is 13.1 Å². The standard InChI is InChI=1S/C19H28N4OS.HI/c1-3-20-19(21-12-16-8-11-25-14-16)22-13-17(23-9-4-5-10-23)18-7-6-15(2)24-18;/h6-8,11,14,17H,3-5,9-10,12-13H2,1-2H3,(H2,20,21,22);1H. The van der Waals surface area contributed by atoms with Crippen LogP contribution in [0.4, 0.5) is 0 Å². The molecular weight excluding hydrogens is 459 g/mol. The summed E-state index contributed by atoms with van der Waals surface area (Å²) in [5.74, 6) is 2.87. The van der Waals surface area contributed by atoms with Crippen LogP contribution in [-0.2, 0) is 6.54 Å². The monoisotopic (exact) mass is 488 g/mol. The van der Waals surface area contributed by atoms with Gasteiger partial charge in [0.1, 0.15) is 11.5 Å². The molecule has 1 atom stereocenters. The van der Waals surface area contributed by atoms with Crippen LogP contribution in [0.3, 0.4) is 0 Å². The first-order valence-corrected chi connectivity index (χ1v) is 10.0. The Bertz CT molecular complexity index is 665. The van der Waals surface area contributed by atoms with Gasteiger partial charge in [-0.15, -0.1) is 24.0 Å². The van der Waals surface area contributed by atoms with Crippen LogP contribution in [0.1, 0.15) is 42.9 Å². The Morgan fingerprint density at radius 1 is 1.27 bits per heavy atom. The number of likely N-dealkylation sites (tertiary alicyclic amines) is 1. The van der Waals surface area contributed by atoms with E-state index in [1.165, 1.54) is 18.4 Å². The van der Waals surface area contributed by atoms with Gasteiger partial charge < -0.3 is 15.1 Å². The average Bonchev–Trinajstić information content (AvgIpc) is 3.36. The van der Waals surface area contributed by atoms with E-state index in [1.54, 1.807) is 11.3 Å². The second kappa shape index (κ2) is 10.9. The van der Waals surface area contributed by atoms with Crippen molar-refractivity contribution in [3.8, 4) is 0 Å². The highest BCUT2D eigenvalue weighted by Gasteiger charge is 2.26. The summed E-state index contributed by atoms with van der Waals surface area (Å²) < 4.78 is 5.93. The number of thiophene rings is 1. The highest BCUT2D eigenvalue weighted by Crippen LogP contribution is 2.26. The Labute approximate surface area is 177 Å². The molecule has 0 bridgehead atoms. The molecule has 3 rings (SSSR count). The Hall–Kier alpha value is -1.06. The molecular formula is C19H29IN4OS. The molecule has 0 aromatic carbocycles. The van der Waals surface area contributed by atoms with Gasteiger partial charge in [0.25, 0.3) is 0 Å². The van der Waals surface area contributed by atoms with Crippen LogP contribution in [0.15, 0.2) is 38.4 Å². The van der Waals surface area contributed by atoms with E-state index in [0.717, 1.165) is 43.7 Å². The summed E-state index contributed by atoms with van der Waals surface area (Å²) >= 11 is 1.71. The zero-order valence-corrected chi connectivity index (χ0v) is 18.7. The van der Waals surface area contributed by atoms with Gasteiger partial charge in [-0.2, -0.15) is 11.3 Å². The van der Waals surface area contributed by atoms with Gasteiger partial charge in [-0.05, 0) is 74.3 Å². The van der Waals surface area contributed by atoms with Crippen molar-refractivity contribution < 1.29 is 4.42 Å². The topological polar surface area (TPSA) is 52.8 Å². The zero-order valence-electron chi connectivity index (χ0n) is 15.5. The quantitative estimate of drug-likeness (QED) is 0.349. The lowest BCUT2D eigenvalue weighted by Crippen LogP contribution is -2.42. The molecule has 0 saturated carbocycles. The molecule has 3 heterocycles. The minimum atomic E-state index is 0. The molecule has 7 heteroatoms. The molecule has 2 aromatic rings. The molecule has 0 spiro atoms. The van der Waals surface area contributed by atoms with Crippen LogP contribution in [-0.4, -0.2) is 37.0 Å². The minimum absolute atomic E-state index is 0. The molecule has 1 unspecified atom stereocenters. The van der Waals surface area contributed by atoms with Crippen molar-refractivity contribution in [2.45, 2.75) is 39.3 Å². The summed E-state index contributed by atoms with van der Waals surface area (Å²) in [6, 6.07) is 6.53. The van der Waals surface area contributed by atoms with E-state index in [-0.39, 0.29) is 30.0 Å². The minimum Gasteiger partial charge on any atom is -0.465 e. The SMILES string of the molecule is CCNC(=NCc1ccsc1)NCC(c1ccc(C)o1)N1CCCC1.I. The smallest absolute Gasteiger partial charge is 0.191 e. The molecule has 26 heavy (non-hydrogen) atoms. The van der Waals surface area contributed by atoms with Crippen molar-refractivity contribution in [2.24, 2.45) is 4.99 Å². The molecule has 1 aliphatic heterocycles. The van der Waals surface area contributed by atoms with Crippen molar-refractivity contribution in [3.63, 3.8) is 0 Å². The lowest BCUT2D eigenvalue weighted by Gasteiger charge is -2.26. The molecule has 1 saturated heterocycles. The van der Waals surface area contributed by atoms with Crippen LogP contribution in [0.2, 0.25) is 0 Å². The summed E-state index contributed by atoms with van der Waals surface area (Å²) in [5.41, 5.74) is 1.25. The third-order valence-electron chi connectivity index (χ3n) is 4.48. The second-order valence-electron chi connectivity index (χ2n) is 6.41. The van der Waals surface area contributed by atoms with Crippen molar-refractivity contribution in [1.29, 1.82) is 0 Å². The Balaban J connectivity index is 0.00000243. The maximum absolute atomic E-state index is 5.93. The molecule has 1 aliphatic rings. The second-order valence-corrected chi connectivity index (χ2v) is 7.19. The van der Waals surface area contributed by atoms with E-state index in [1.807, 2.05) is 13.0 Å². The summed E-state index contributed by atoms with van der Waals surface area (Å²) in [5, 5.41) is 11.1. The molecule has 0 radical (unpaired) electrons. The Morgan fingerprint density at radius 3 is 2.69 bits per heavy atom. The first kappa shape index (κ1) is 21.2. The normalized spacial score (nSPS) is 16.3. The molecule has 0 amide bonds. The molecule has 5 nitrogen and oxygen atoms in total. The number of aliphatic imine (C=N–C) groups is 1. The largest absolute Gasteiger partial charge is 0.465 e. The third kappa shape index (κ3) is 5.99. The molecule has 0 aliphatic carbocycles. The zero-order chi connectivity index (χ0) is 17.5. The first-order valence-electron chi connectivity index (χ1n) is 9.10. The van der Waals surface area contributed by atoms with E-state index >= 15 is 0 Å².